The minimum absolute atomic E-state index is 0.221. The third-order valence-electron chi connectivity index (χ3n) is 6.05. The molecule has 3 saturated heterocycles. The first-order valence-corrected chi connectivity index (χ1v) is 9.41. The van der Waals surface area contributed by atoms with Crippen LogP contribution in [0.3, 0.4) is 0 Å². The highest BCUT2D eigenvalue weighted by Crippen LogP contribution is 2.26. The van der Waals surface area contributed by atoms with E-state index in [1.165, 1.54) is 32.4 Å². The van der Waals surface area contributed by atoms with Gasteiger partial charge in [0.1, 0.15) is 0 Å². The second-order valence-electron chi connectivity index (χ2n) is 7.49. The number of carbonyl (C=O) groups excluding carboxylic acids is 2. The molecule has 0 bridgehead atoms. The molecule has 0 saturated carbocycles. The number of likely N-dealkylation sites (tertiary alicyclic amines) is 3. The van der Waals surface area contributed by atoms with Crippen molar-refractivity contribution in [3.63, 3.8) is 0 Å². The smallest absolute Gasteiger partial charge is 0.222 e. The van der Waals surface area contributed by atoms with Crippen molar-refractivity contribution in [2.45, 2.75) is 57.9 Å². The highest BCUT2D eigenvalue weighted by molar-refractivity contribution is 5.78. The summed E-state index contributed by atoms with van der Waals surface area (Å²) in [6, 6.07) is 0.673. The van der Waals surface area contributed by atoms with Crippen LogP contribution < -0.4 is 0 Å². The fraction of sp³-hybridized carbons (Fsp3) is 0.889. The van der Waals surface area contributed by atoms with Crippen molar-refractivity contribution in [1.29, 1.82) is 0 Å². The van der Waals surface area contributed by atoms with Crippen LogP contribution >= 0.6 is 0 Å². The molecule has 0 radical (unpaired) electrons. The van der Waals surface area contributed by atoms with Crippen molar-refractivity contribution in [3.8, 4) is 0 Å². The van der Waals surface area contributed by atoms with Crippen LogP contribution in [0, 0.1) is 5.92 Å². The van der Waals surface area contributed by atoms with Gasteiger partial charge in [-0.25, -0.2) is 0 Å². The van der Waals surface area contributed by atoms with Gasteiger partial charge in [-0.05, 0) is 57.5 Å². The number of hydrogen-bond donors (Lipinski definition) is 0. The largest absolute Gasteiger partial charge is 0.343 e. The molecule has 3 heterocycles. The minimum Gasteiger partial charge on any atom is -0.343 e. The molecular formula is C18H31N3O2. The molecule has 23 heavy (non-hydrogen) atoms. The van der Waals surface area contributed by atoms with E-state index in [2.05, 4.69) is 9.80 Å². The molecule has 0 aliphatic carbocycles. The third kappa shape index (κ3) is 4.25. The molecule has 3 fully saturated rings. The molecule has 0 atom stereocenters. The van der Waals surface area contributed by atoms with Gasteiger partial charge in [0.25, 0.3) is 0 Å². The van der Waals surface area contributed by atoms with Crippen LogP contribution in [0.15, 0.2) is 0 Å². The van der Waals surface area contributed by atoms with Crippen LogP contribution in [0.25, 0.3) is 0 Å². The lowest BCUT2D eigenvalue weighted by Crippen LogP contribution is -2.48. The van der Waals surface area contributed by atoms with E-state index < -0.39 is 0 Å². The molecule has 3 aliphatic rings. The maximum Gasteiger partial charge on any atom is 0.222 e. The van der Waals surface area contributed by atoms with Gasteiger partial charge < -0.3 is 14.7 Å². The summed E-state index contributed by atoms with van der Waals surface area (Å²) in [6.45, 7) is 7.88. The lowest BCUT2D eigenvalue weighted by atomic mass is 9.91. The van der Waals surface area contributed by atoms with Crippen molar-refractivity contribution < 1.29 is 9.59 Å². The van der Waals surface area contributed by atoms with E-state index in [9.17, 15) is 9.59 Å². The van der Waals surface area contributed by atoms with Crippen molar-refractivity contribution >= 4 is 11.8 Å². The SMILES string of the molecule is CC(=O)N1CCC(N2CCC(CCN3CCCC3=O)CC2)CC1. The summed E-state index contributed by atoms with van der Waals surface area (Å²) >= 11 is 0. The van der Waals surface area contributed by atoms with E-state index in [1.54, 1.807) is 6.92 Å². The monoisotopic (exact) mass is 321 g/mol. The fourth-order valence-electron chi connectivity index (χ4n) is 4.43. The minimum atomic E-state index is 0.221. The van der Waals surface area contributed by atoms with Gasteiger partial charge in [0.2, 0.25) is 11.8 Å². The standard InChI is InChI=1S/C18H31N3O2/c1-15(22)19-13-7-17(8-14-19)20-10-4-16(5-11-20)6-12-21-9-2-3-18(21)23/h16-17H,2-14H2,1H3. The molecule has 0 aromatic rings. The molecule has 0 aromatic carbocycles. The zero-order valence-corrected chi connectivity index (χ0v) is 14.5. The molecule has 0 spiro atoms. The third-order valence-corrected chi connectivity index (χ3v) is 6.05. The number of piperidine rings is 2. The Balaban J connectivity index is 1.35. The first kappa shape index (κ1) is 16.7. The Hall–Kier alpha value is -1.10. The molecule has 0 N–H and O–H groups in total. The Labute approximate surface area is 140 Å². The Morgan fingerprint density at radius 3 is 2.30 bits per heavy atom. The Morgan fingerprint density at radius 2 is 1.74 bits per heavy atom. The predicted octanol–water partition coefficient (Wildman–Crippen LogP) is 1.72. The van der Waals surface area contributed by atoms with Gasteiger partial charge in [0, 0.05) is 45.6 Å². The molecule has 5 nitrogen and oxygen atoms in total. The van der Waals surface area contributed by atoms with Gasteiger partial charge in [0.05, 0.1) is 0 Å². The zero-order chi connectivity index (χ0) is 16.2. The van der Waals surface area contributed by atoms with Crippen LogP contribution in [-0.4, -0.2) is 71.8 Å². The molecule has 3 rings (SSSR count). The Morgan fingerprint density at radius 1 is 1.04 bits per heavy atom. The Kier molecular flexibility index (Phi) is 5.57. The van der Waals surface area contributed by atoms with E-state index in [4.69, 9.17) is 0 Å². The van der Waals surface area contributed by atoms with Gasteiger partial charge in [-0.2, -0.15) is 0 Å². The number of nitrogens with zero attached hydrogens (tertiary/aromatic N) is 3. The molecule has 3 aliphatic heterocycles. The first-order chi connectivity index (χ1) is 11.1. The van der Waals surface area contributed by atoms with Crippen molar-refractivity contribution in [2.75, 3.05) is 39.3 Å². The number of carbonyl (C=O) groups is 2. The second-order valence-corrected chi connectivity index (χ2v) is 7.49. The van der Waals surface area contributed by atoms with E-state index in [1.807, 2.05) is 4.90 Å². The molecule has 2 amide bonds. The predicted molar refractivity (Wildman–Crippen MR) is 90.0 cm³/mol. The average Bonchev–Trinajstić information content (AvgIpc) is 2.99. The average molecular weight is 321 g/mol. The molecule has 0 unspecified atom stereocenters. The van der Waals surface area contributed by atoms with Crippen LogP contribution in [-0.2, 0) is 9.59 Å². The van der Waals surface area contributed by atoms with Crippen LogP contribution in [0.4, 0.5) is 0 Å². The van der Waals surface area contributed by atoms with E-state index in [0.717, 1.165) is 57.8 Å². The van der Waals surface area contributed by atoms with E-state index in [-0.39, 0.29) is 5.91 Å². The zero-order valence-electron chi connectivity index (χ0n) is 14.5. The fourth-order valence-corrected chi connectivity index (χ4v) is 4.43. The molecule has 5 heteroatoms. The summed E-state index contributed by atoms with van der Waals surface area (Å²) in [5, 5.41) is 0. The lowest BCUT2D eigenvalue weighted by molar-refractivity contribution is -0.130. The number of amides is 2. The van der Waals surface area contributed by atoms with Gasteiger partial charge >= 0.3 is 0 Å². The van der Waals surface area contributed by atoms with Crippen molar-refractivity contribution in [1.82, 2.24) is 14.7 Å². The summed E-state index contributed by atoms with van der Waals surface area (Å²) in [6.07, 6.45) is 7.80. The molecular weight excluding hydrogens is 290 g/mol. The van der Waals surface area contributed by atoms with Gasteiger partial charge in [-0.15, -0.1) is 0 Å². The van der Waals surface area contributed by atoms with Gasteiger partial charge in [0.15, 0.2) is 0 Å². The quantitative estimate of drug-likeness (QED) is 0.792. The van der Waals surface area contributed by atoms with E-state index in [0.29, 0.717) is 11.9 Å². The highest BCUT2D eigenvalue weighted by atomic mass is 16.2. The maximum atomic E-state index is 11.7. The lowest BCUT2D eigenvalue weighted by Gasteiger charge is -2.41. The Bertz CT molecular complexity index is 424. The van der Waals surface area contributed by atoms with Crippen LogP contribution in [0.2, 0.25) is 0 Å². The summed E-state index contributed by atoms with van der Waals surface area (Å²) in [7, 11) is 0. The van der Waals surface area contributed by atoms with Crippen molar-refractivity contribution in [2.24, 2.45) is 5.92 Å². The number of rotatable bonds is 4. The summed E-state index contributed by atoms with van der Waals surface area (Å²) < 4.78 is 0. The number of hydrogen-bond acceptors (Lipinski definition) is 3. The van der Waals surface area contributed by atoms with Crippen LogP contribution in [0.5, 0.6) is 0 Å². The topological polar surface area (TPSA) is 43.9 Å². The first-order valence-electron chi connectivity index (χ1n) is 9.41. The van der Waals surface area contributed by atoms with Gasteiger partial charge in [-0.3, -0.25) is 9.59 Å². The summed E-state index contributed by atoms with van der Waals surface area (Å²) in [5.74, 6) is 1.37. The highest BCUT2D eigenvalue weighted by Gasteiger charge is 2.29. The van der Waals surface area contributed by atoms with Crippen molar-refractivity contribution in [3.05, 3.63) is 0 Å². The van der Waals surface area contributed by atoms with Crippen LogP contribution in [0.1, 0.15) is 51.9 Å². The summed E-state index contributed by atoms with van der Waals surface area (Å²) in [4.78, 5) is 29.8. The maximum absolute atomic E-state index is 11.7. The summed E-state index contributed by atoms with van der Waals surface area (Å²) in [5.41, 5.74) is 0. The normalized spacial score (nSPS) is 25.3. The second kappa shape index (κ2) is 7.65. The van der Waals surface area contributed by atoms with Gasteiger partial charge in [-0.1, -0.05) is 0 Å². The van der Waals surface area contributed by atoms with E-state index >= 15 is 0 Å². The molecule has 0 aromatic heterocycles. The molecule has 130 valence electrons.